The SMILES string of the molecule is CN(C)Cc1ccc(-c2ccc([C@H]3OC(C)(C)N(C(=O)O)[C@@H]3CF)cc2)cn1. The van der Waals surface area contributed by atoms with E-state index in [1.54, 1.807) is 13.8 Å². The van der Waals surface area contributed by atoms with Crippen molar-refractivity contribution in [3.63, 3.8) is 0 Å². The lowest BCUT2D eigenvalue weighted by molar-refractivity contribution is -0.0674. The lowest BCUT2D eigenvalue weighted by Gasteiger charge is -2.29. The highest BCUT2D eigenvalue weighted by molar-refractivity contribution is 5.67. The third-order valence-electron chi connectivity index (χ3n) is 4.92. The fourth-order valence-corrected chi connectivity index (χ4v) is 3.67. The van der Waals surface area contributed by atoms with Crippen LogP contribution in [-0.2, 0) is 11.3 Å². The van der Waals surface area contributed by atoms with Crippen LogP contribution in [0.3, 0.4) is 0 Å². The van der Waals surface area contributed by atoms with Gasteiger partial charge < -0.3 is 14.7 Å². The summed E-state index contributed by atoms with van der Waals surface area (Å²) in [6, 6.07) is 10.7. The van der Waals surface area contributed by atoms with E-state index in [2.05, 4.69) is 9.88 Å². The maximum absolute atomic E-state index is 13.7. The van der Waals surface area contributed by atoms with Crippen molar-refractivity contribution >= 4 is 6.09 Å². The zero-order chi connectivity index (χ0) is 20.5. The number of nitrogens with zero attached hydrogens (tertiary/aromatic N) is 3. The number of aromatic nitrogens is 1. The van der Waals surface area contributed by atoms with Crippen LogP contribution in [0.5, 0.6) is 0 Å². The molecule has 1 amide bonds. The van der Waals surface area contributed by atoms with Gasteiger partial charge in [-0.25, -0.2) is 9.18 Å². The molecule has 3 rings (SSSR count). The Balaban J connectivity index is 1.81. The van der Waals surface area contributed by atoms with Gasteiger partial charge in [0.05, 0.1) is 11.7 Å². The molecule has 0 spiro atoms. The zero-order valence-corrected chi connectivity index (χ0v) is 16.6. The minimum absolute atomic E-state index is 0.647. The summed E-state index contributed by atoms with van der Waals surface area (Å²) < 4.78 is 19.6. The predicted molar refractivity (Wildman–Crippen MR) is 105 cm³/mol. The molecule has 6 nitrogen and oxygen atoms in total. The number of ether oxygens (including phenoxy) is 1. The van der Waals surface area contributed by atoms with Crippen molar-refractivity contribution in [3.8, 4) is 11.1 Å². The summed E-state index contributed by atoms with van der Waals surface area (Å²) in [5.41, 5.74) is 2.62. The summed E-state index contributed by atoms with van der Waals surface area (Å²) >= 11 is 0. The third-order valence-corrected chi connectivity index (χ3v) is 4.92. The normalized spacial score (nSPS) is 21.3. The van der Waals surface area contributed by atoms with Crippen LogP contribution < -0.4 is 0 Å². The molecule has 1 saturated heterocycles. The average molecular weight is 387 g/mol. The van der Waals surface area contributed by atoms with Crippen LogP contribution in [-0.4, -0.2) is 58.5 Å². The fraction of sp³-hybridized carbons (Fsp3) is 0.429. The van der Waals surface area contributed by atoms with Crippen molar-refractivity contribution in [2.45, 2.75) is 38.3 Å². The maximum Gasteiger partial charge on any atom is 0.410 e. The van der Waals surface area contributed by atoms with E-state index in [0.717, 1.165) is 33.8 Å². The predicted octanol–water partition coefficient (Wildman–Crippen LogP) is 3.94. The number of carbonyl (C=O) groups is 1. The Hall–Kier alpha value is -2.51. The number of hydrogen-bond donors (Lipinski definition) is 1. The van der Waals surface area contributed by atoms with Gasteiger partial charge in [0.1, 0.15) is 18.5 Å². The van der Waals surface area contributed by atoms with Crippen LogP contribution in [0.15, 0.2) is 42.6 Å². The largest absolute Gasteiger partial charge is 0.465 e. The molecule has 0 bridgehead atoms. The summed E-state index contributed by atoms with van der Waals surface area (Å²) in [6.07, 6.45) is 0.000850. The van der Waals surface area contributed by atoms with Gasteiger partial charge in [-0.15, -0.1) is 0 Å². The quantitative estimate of drug-likeness (QED) is 0.842. The van der Waals surface area contributed by atoms with Crippen molar-refractivity contribution in [1.82, 2.24) is 14.8 Å². The molecule has 1 N–H and O–H groups in total. The van der Waals surface area contributed by atoms with E-state index in [1.807, 2.05) is 56.7 Å². The van der Waals surface area contributed by atoms with Crippen LogP contribution in [0.4, 0.5) is 9.18 Å². The molecular weight excluding hydrogens is 361 g/mol. The van der Waals surface area contributed by atoms with Gasteiger partial charge in [0.2, 0.25) is 0 Å². The third kappa shape index (κ3) is 4.00. The van der Waals surface area contributed by atoms with Gasteiger partial charge in [-0.1, -0.05) is 30.3 Å². The molecule has 0 radical (unpaired) electrons. The molecule has 1 aromatic carbocycles. The van der Waals surface area contributed by atoms with Crippen LogP contribution in [0.2, 0.25) is 0 Å². The number of halogens is 1. The van der Waals surface area contributed by atoms with E-state index in [9.17, 15) is 14.3 Å². The Bertz CT molecular complexity index is 822. The van der Waals surface area contributed by atoms with Crippen molar-refractivity contribution in [2.75, 3.05) is 20.8 Å². The van der Waals surface area contributed by atoms with Crippen LogP contribution in [0.25, 0.3) is 11.1 Å². The van der Waals surface area contributed by atoms with E-state index >= 15 is 0 Å². The first-order valence-electron chi connectivity index (χ1n) is 9.19. The van der Waals surface area contributed by atoms with Crippen LogP contribution in [0.1, 0.15) is 31.2 Å². The summed E-state index contributed by atoms with van der Waals surface area (Å²) in [6.45, 7) is 3.25. The standard InChI is InChI=1S/C21H26FN3O3/c1-21(2)25(20(26)27)18(11-22)19(28-21)15-7-5-14(6-8-15)16-9-10-17(23-12-16)13-24(3)4/h5-10,12,18-19H,11,13H2,1-4H3,(H,26,27)/t18-,19-/m1/s1. The smallest absolute Gasteiger partial charge is 0.410 e. The molecule has 2 atom stereocenters. The van der Waals surface area contributed by atoms with Gasteiger partial charge in [0.15, 0.2) is 0 Å². The topological polar surface area (TPSA) is 65.9 Å². The monoisotopic (exact) mass is 387 g/mol. The molecule has 28 heavy (non-hydrogen) atoms. The highest BCUT2D eigenvalue weighted by Gasteiger charge is 2.50. The summed E-state index contributed by atoms with van der Waals surface area (Å²) in [7, 11) is 3.99. The van der Waals surface area contributed by atoms with Gasteiger partial charge in [-0.2, -0.15) is 0 Å². The van der Waals surface area contributed by atoms with E-state index in [0.29, 0.717) is 0 Å². The molecule has 0 saturated carbocycles. The van der Waals surface area contributed by atoms with Gasteiger partial charge in [0, 0.05) is 18.3 Å². The van der Waals surface area contributed by atoms with Crippen molar-refractivity contribution < 1.29 is 19.0 Å². The Kier molecular flexibility index (Phi) is 5.67. The van der Waals surface area contributed by atoms with Crippen molar-refractivity contribution in [1.29, 1.82) is 0 Å². The lowest BCUT2D eigenvalue weighted by Crippen LogP contribution is -2.48. The first-order chi connectivity index (χ1) is 13.2. The highest BCUT2D eigenvalue weighted by atomic mass is 19.1. The minimum atomic E-state index is -1.18. The first-order valence-corrected chi connectivity index (χ1v) is 9.19. The van der Waals surface area contributed by atoms with E-state index in [1.165, 1.54) is 0 Å². The van der Waals surface area contributed by atoms with E-state index in [4.69, 9.17) is 4.74 Å². The van der Waals surface area contributed by atoms with Crippen molar-refractivity contribution in [2.24, 2.45) is 0 Å². The molecule has 7 heteroatoms. The second-order valence-corrected chi connectivity index (χ2v) is 7.76. The summed E-state index contributed by atoms with van der Waals surface area (Å²) in [4.78, 5) is 19.2. The van der Waals surface area contributed by atoms with Gasteiger partial charge >= 0.3 is 6.09 Å². The fourth-order valence-electron chi connectivity index (χ4n) is 3.67. The van der Waals surface area contributed by atoms with Crippen LogP contribution >= 0.6 is 0 Å². The second-order valence-electron chi connectivity index (χ2n) is 7.76. The van der Waals surface area contributed by atoms with Gasteiger partial charge in [0.25, 0.3) is 0 Å². The molecule has 0 aliphatic carbocycles. The Morgan fingerprint density at radius 2 is 1.86 bits per heavy atom. The van der Waals surface area contributed by atoms with E-state index in [-0.39, 0.29) is 0 Å². The van der Waals surface area contributed by atoms with Crippen molar-refractivity contribution in [3.05, 3.63) is 53.9 Å². The minimum Gasteiger partial charge on any atom is -0.465 e. The molecule has 2 aromatic rings. The Labute approximate surface area is 164 Å². The van der Waals surface area contributed by atoms with E-state index < -0.39 is 30.6 Å². The highest BCUT2D eigenvalue weighted by Crippen LogP contribution is 2.41. The molecule has 1 aliphatic heterocycles. The second kappa shape index (κ2) is 7.85. The molecular formula is C21H26FN3O3. The van der Waals surface area contributed by atoms with Crippen LogP contribution in [0, 0.1) is 0 Å². The molecule has 2 heterocycles. The van der Waals surface area contributed by atoms with Gasteiger partial charge in [-0.3, -0.25) is 9.88 Å². The number of alkyl halides is 1. The molecule has 1 aromatic heterocycles. The average Bonchev–Trinajstić information content (AvgIpc) is 2.92. The molecule has 150 valence electrons. The number of rotatable bonds is 5. The lowest BCUT2D eigenvalue weighted by atomic mass is 9.99. The zero-order valence-electron chi connectivity index (χ0n) is 16.6. The number of hydrogen-bond acceptors (Lipinski definition) is 4. The summed E-state index contributed by atoms with van der Waals surface area (Å²) in [5, 5.41) is 9.45. The first kappa shape index (κ1) is 20.2. The molecule has 1 aliphatic rings. The summed E-state index contributed by atoms with van der Waals surface area (Å²) in [5.74, 6) is 0. The Morgan fingerprint density at radius 1 is 1.21 bits per heavy atom. The number of pyridine rings is 1. The Morgan fingerprint density at radius 3 is 2.36 bits per heavy atom. The van der Waals surface area contributed by atoms with Gasteiger partial charge in [-0.05, 0) is 45.1 Å². The number of carboxylic acid groups (broad SMARTS) is 1. The number of amides is 1. The number of benzene rings is 1. The maximum atomic E-state index is 13.7. The molecule has 0 unspecified atom stereocenters. The molecule has 1 fully saturated rings.